The molecule has 0 aromatic heterocycles. The summed E-state index contributed by atoms with van der Waals surface area (Å²) in [4.78, 5) is 2.68. The Morgan fingerprint density at radius 1 is 1.21 bits per heavy atom. The lowest BCUT2D eigenvalue weighted by Gasteiger charge is -2.40. The van der Waals surface area contributed by atoms with Gasteiger partial charge in [-0.2, -0.15) is 5.26 Å². The van der Waals surface area contributed by atoms with Gasteiger partial charge < -0.3 is 10.1 Å². The number of nitrogens with one attached hydrogen (secondary N) is 1. The molecular weight excluding hydrogens is 298 g/mol. The monoisotopic (exact) mass is 325 g/mol. The summed E-state index contributed by atoms with van der Waals surface area (Å²) in [6, 6.07) is 12.5. The van der Waals surface area contributed by atoms with Crippen molar-refractivity contribution >= 4 is 0 Å². The van der Waals surface area contributed by atoms with Gasteiger partial charge in [-0.05, 0) is 56.2 Å². The van der Waals surface area contributed by atoms with Crippen LogP contribution in [0.5, 0.6) is 0 Å². The number of rotatable bonds is 6. The van der Waals surface area contributed by atoms with Crippen LogP contribution in [0.1, 0.15) is 49.7 Å². The molecule has 2 heterocycles. The average Bonchev–Trinajstić information content (AvgIpc) is 3.34. The maximum atomic E-state index is 8.98. The van der Waals surface area contributed by atoms with E-state index < -0.39 is 0 Å². The molecule has 128 valence electrons. The fourth-order valence-corrected chi connectivity index (χ4v) is 4.85. The second kappa shape index (κ2) is 6.48. The predicted octanol–water partition coefficient (Wildman–Crippen LogP) is 2.78. The minimum Gasteiger partial charge on any atom is -0.383 e. The molecule has 4 rings (SSSR count). The van der Waals surface area contributed by atoms with Crippen LogP contribution in [0.3, 0.4) is 0 Å². The lowest BCUT2D eigenvalue weighted by atomic mass is 9.94. The van der Waals surface area contributed by atoms with E-state index in [0.29, 0.717) is 6.04 Å². The van der Waals surface area contributed by atoms with Gasteiger partial charge >= 0.3 is 0 Å². The van der Waals surface area contributed by atoms with E-state index in [1.54, 1.807) is 7.11 Å². The van der Waals surface area contributed by atoms with E-state index in [4.69, 9.17) is 10.00 Å². The van der Waals surface area contributed by atoms with Crippen LogP contribution < -0.4 is 5.32 Å². The highest BCUT2D eigenvalue weighted by Gasteiger charge is 2.48. The van der Waals surface area contributed by atoms with E-state index in [0.717, 1.165) is 30.8 Å². The van der Waals surface area contributed by atoms with Crippen LogP contribution in [-0.2, 0) is 10.3 Å². The Bertz CT molecular complexity index is 603. The molecule has 1 aromatic rings. The second-order valence-corrected chi connectivity index (χ2v) is 7.70. The molecule has 1 saturated carbocycles. The number of nitriles is 1. The Kier molecular flexibility index (Phi) is 4.34. The summed E-state index contributed by atoms with van der Waals surface area (Å²) in [5, 5.41) is 13.0. The summed E-state index contributed by atoms with van der Waals surface area (Å²) in [6.45, 7) is 1.93. The maximum Gasteiger partial charge on any atom is 0.0991 e. The highest BCUT2D eigenvalue weighted by Crippen LogP contribution is 2.47. The zero-order valence-corrected chi connectivity index (χ0v) is 14.5. The van der Waals surface area contributed by atoms with Crippen LogP contribution in [0, 0.1) is 11.3 Å². The van der Waals surface area contributed by atoms with E-state index >= 15 is 0 Å². The topological polar surface area (TPSA) is 48.3 Å². The molecule has 3 aliphatic rings. The molecule has 0 amide bonds. The van der Waals surface area contributed by atoms with Crippen molar-refractivity contribution in [1.82, 2.24) is 10.2 Å². The number of methoxy groups -OCH3 is 1. The normalized spacial score (nSPS) is 30.9. The zero-order chi connectivity index (χ0) is 16.6. The summed E-state index contributed by atoms with van der Waals surface area (Å²) in [5.74, 6) is 0. The van der Waals surface area contributed by atoms with Crippen LogP contribution in [0.25, 0.3) is 0 Å². The molecule has 3 fully saturated rings. The standard InChI is InChI=1S/C20H27N3O/c1-24-11-10-23-18-6-7-19(23)13-17(12-18)22-20(8-9-20)16-4-2-15(14-21)3-5-16/h2-5,17-19,22H,6-13H2,1H3. The van der Waals surface area contributed by atoms with Gasteiger partial charge in [0, 0.05) is 37.3 Å². The number of nitrogens with zero attached hydrogens (tertiary/aromatic N) is 2. The molecule has 2 atom stereocenters. The molecule has 2 unspecified atom stereocenters. The van der Waals surface area contributed by atoms with Crippen molar-refractivity contribution in [2.45, 2.75) is 62.2 Å². The highest BCUT2D eigenvalue weighted by atomic mass is 16.5. The van der Waals surface area contributed by atoms with Crippen LogP contribution >= 0.6 is 0 Å². The first-order valence-corrected chi connectivity index (χ1v) is 9.27. The highest BCUT2D eigenvalue weighted by molar-refractivity contribution is 5.37. The minimum absolute atomic E-state index is 0.173. The van der Waals surface area contributed by atoms with Crippen LogP contribution in [0.2, 0.25) is 0 Å². The van der Waals surface area contributed by atoms with E-state index in [2.05, 4.69) is 28.4 Å². The van der Waals surface area contributed by atoms with Gasteiger partial charge in [-0.15, -0.1) is 0 Å². The van der Waals surface area contributed by atoms with E-state index in [1.807, 2.05) is 12.1 Å². The van der Waals surface area contributed by atoms with Gasteiger partial charge in [-0.3, -0.25) is 4.90 Å². The summed E-state index contributed by atoms with van der Waals surface area (Å²) in [6.07, 6.45) is 7.65. The molecule has 1 aromatic carbocycles. The van der Waals surface area contributed by atoms with Gasteiger partial charge in [0.05, 0.1) is 18.2 Å². The quantitative estimate of drug-likeness (QED) is 0.874. The molecule has 4 heteroatoms. The largest absolute Gasteiger partial charge is 0.383 e. The fraction of sp³-hybridized carbons (Fsp3) is 0.650. The van der Waals surface area contributed by atoms with Gasteiger partial charge in [-0.1, -0.05) is 12.1 Å². The Labute approximate surface area is 144 Å². The first kappa shape index (κ1) is 16.1. The minimum atomic E-state index is 0.173. The van der Waals surface area contributed by atoms with Crippen molar-refractivity contribution in [3.8, 4) is 6.07 Å². The third kappa shape index (κ3) is 2.97. The fourth-order valence-electron chi connectivity index (χ4n) is 4.85. The number of piperidine rings is 1. The lowest BCUT2D eigenvalue weighted by Crippen LogP contribution is -2.52. The summed E-state index contributed by atoms with van der Waals surface area (Å²) in [7, 11) is 1.80. The Balaban J connectivity index is 1.40. The summed E-state index contributed by atoms with van der Waals surface area (Å²) < 4.78 is 5.28. The SMILES string of the molecule is COCCN1C2CCC1CC(NC1(c3ccc(C#N)cc3)CC1)C2. The Morgan fingerprint density at radius 3 is 2.42 bits per heavy atom. The van der Waals surface area contributed by atoms with Crippen LogP contribution in [-0.4, -0.2) is 43.3 Å². The molecule has 2 saturated heterocycles. The van der Waals surface area contributed by atoms with Crippen molar-refractivity contribution in [2.24, 2.45) is 0 Å². The molecule has 4 nitrogen and oxygen atoms in total. The van der Waals surface area contributed by atoms with Crippen LogP contribution in [0.4, 0.5) is 0 Å². The number of ether oxygens (including phenoxy) is 1. The van der Waals surface area contributed by atoms with Gasteiger partial charge in [0.1, 0.15) is 0 Å². The number of fused-ring (bicyclic) bond motifs is 2. The molecular formula is C20H27N3O. The van der Waals surface area contributed by atoms with Gasteiger partial charge in [0.2, 0.25) is 0 Å². The van der Waals surface area contributed by atoms with Gasteiger partial charge in [-0.25, -0.2) is 0 Å². The summed E-state index contributed by atoms with van der Waals surface area (Å²) in [5.41, 5.74) is 2.28. The lowest BCUT2D eigenvalue weighted by molar-refractivity contribution is 0.0745. The van der Waals surface area contributed by atoms with E-state index in [1.165, 1.54) is 44.1 Å². The van der Waals surface area contributed by atoms with E-state index in [-0.39, 0.29) is 5.54 Å². The number of hydrogen-bond donors (Lipinski definition) is 1. The van der Waals surface area contributed by atoms with Crippen molar-refractivity contribution in [3.05, 3.63) is 35.4 Å². The predicted molar refractivity (Wildman–Crippen MR) is 93.6 cm³/mol. The third-order valence-electron chi connectivity index (χ3n) is 6.23. The molecule has 0 spiro atoms. The average molecular weight is 325 g/mol. The van der Waals surface area contributed by atoms with Gasteiger partial charge in [0.25, 0.3) is 0 Å². The van der Waals surface area contributed by atoms with Crippen molar-refractivity contribution in [2.75, 3.05) is 20.3 Å². The van der Waals surface area contributed by atoms with E-state index in [9.17, 15) is 0 Å². The zero-order valence-electron chi connectivity index (χ0n) is 14.5. The first-order chi connectivity index (χ1) is 11.7. The van der Waals surface area contributed by atoms with Crippen molar-refractivity contribution < 1.29 is 4.74 Å². The molecule has 2 aliphatic heterocycles. The van der Waals surface area contributed by atoms with Crippen LogP contribution in [0.15, 0.2) is 24.3 Å². The molecule has 24 heavy (non-hydrogen) atoms. The van der Waals surface area contributed by atoms with Crippen molar-refractivity contribution in [1.29, 1.82) is 5.26 Å². The molecule has 2 bridgehead atoms. The maximum absolute atomic E-state index is 8.98. The molecule has 1 N–H and O–H groups in total. The summed E-state index contributed by atoms with van der Waals surface area (Å²) >= 11 is 0. The number of hydrogen-bond acceptors (Lipinski definition) is 4. The number of benzene rings is 1. The molecule has 0 radical (unpaired) electrons. The third-order valence-corrected chi connectivity index (χ3v) is 6.23. The Morgan fingerprint density at radius 2 is 1.88 bits per heavy atom. The molecule has 1 aliphatic carbocycles. The van der Waals surface area contributed by atoms with Crippen molar-refractivity contribution in [3.63, 3.8) is 0 Å². The second-order valence-electron chi connectivity index (χ2n) is 7.70. The smallest absolute Gasteiger partial charge is 0.0991 e. The first-order valence-electron chi connectivity index (χ1n) is 9.27. The Hall–Kier alpha value is -1.41. The van der Waals surface area contributed by atoms with Gasteiger partial charge in [0.15, 0.2) is 0 Å².